The van der Waals surface area contributed by atoms with Gasteiger partial charge in [-0.3, -0.25) is 4.79 Å². The van der Waals surface area contributed by atoms with Crippen LogP contribution in [0.5, 0.6) is 0 Å². The van der Waals surface area contributed by atoms with Crippen LogP contribution in [0.2, 0.25) is 0 Å². The van der Waals surface area contributed by atoms with Gasteiger partial charge in [0, 0.05) is 6.92 Å². The Kier molecular flexibility index (Phi) is 4.50. The van der Waals surface area contributed by atoms with E-state index in [2.05, 4.69) is 0 Å². The number of aliphatic hydroxyl groups is 1. The molecule has 1 aliphatic heterocycles. The highest BCUT2D eigenvalue weighted by Gasteiger charge is 2.43. The summed E-state index contributed by atoms with van der Waals surface area (Å²) in [5, 5.41) is 9.24. The fourth-order valence-corrected chi connectivity index (χ4v) is 1.74. The molecule has 0 aromatic rings. The molecule has 0 aromatic carbocycles. The second-order valence-corrected chi connectivity index (χ2v) is 3.54. The smallest absolute Gasteiger partial charge is 0.302 e. The Labute approximate surface area is 89.3 Å². The zero-order valence-electron chi connectivity index (χ0n) is 9.19. The number of carbonyl (C=O) groups is 1. The molecular formula is C10H18O5. The van der Waals surface area contributed by atoms with E-state index in [-0.39, 0.29) is 25.1 Å². The molecule has 1 atom stereocenters. The van der Waals surface area contributed by atoms with Gasteiger partial charge in [0.1, 0.15) is 6.61 Å². The Morgan fingerprint density at radius 3 is 2.53 bits per heavy atom. The Hall–Kier alpha value is -0.650. The van der Waals surface area contributed by atoms with Crippen molar-refractivity contribution in [3.63, 3.8) is 0 Å². The van der Waals surface area contributed by atoms with Gasteiger partial charge in [-0.1, -0.05) is 6.92 Å². The van der Waals surface area contributed by atoms with E-state index in [4.69, 9.17) is 14.2 Å². The SMILES string of the molecule is CCC1(C(CO)COC(C)=O)OCCO1. The predicted molar refractivity (Wildman–Crippen MR) is 52.1 cm³/mol. The summed E-state index contributed by atoms with van der Waals surface area (Å²) < 4.78 is 15.9. The number of aliphatic hydroxyl groups excluding tert-OH is 1. The zero-order chi connectivity index (χ0) is 11.3. The van der Waals surface area contributed by atoms with Crippen molar-refractivity contribution >= 4 is 5.97 Å². The van der Waals surface area contributed by atoms with Gasteiger partial charge < -0.3 is 19.3 Å². The standard InChI is InChI=1S/C10H18O5/c1-3-10(14-4-5-15-10)9(6-11)7-13-8(2)12/h9,11H,3-7H2,1-2H3. The minimum atomic E-state index is -0.787. The molecule has 1 aliphatic rings. The summed E-state index contributed by atoms with van der Waals surface area (Å²) in [7, 11) is 0. The van der Waals surface area contributed by atoms with Crippen LogP contribution in [0.25, 0.3) is 0 Å². The van der Waals surface area contributed by atoms with E-state index >= 15 is 0 Å². The summed E-state index contributed by atoms with van der Waals surface area (Å²) in [4.78, 5) is 10.7. The van der Waals surface area contributed by atoms with Crippen LogP contribution in [0.1, 0.15) is 20.3 Å². The van der Waals surface area contributed by atoms with Crippen molar-refractivity contribution in [2.75, 3.05) is 26.4 Å². The highest BCUT2D eigenvalue weighted by Crippen LogP contribution is 2.31. The third kappa shape index (κ3) is 2.90. The lowest BCUT2D eigenvalue weighted by Gasteiger charge is -2.33. The second-order valence-electron chi connectivity index (χ2n) is 3.54. The molecule has 1 rings (SSSR count). The normalized spacial score (nSPS) is 21.3. The molecule has 15 heavy (non-hydrogen) atoms. The first-order valence-electron chi connectivity index (χ1n) is 5.16. The summed E-state index contributed by atoms with van der Waals surface area (Å²) >= 11 is 0. The average molecular weight is 218 g/mol. The van der Waals surface area contributed by atoms with Crippen LogP contribution >= 0.6 is 0 Å². The fraction of sp³-hybridized carbons (Fsp3) is 0.900. The molecule has 1 heterocycles. The summed E-state index contributed by atoms with van der Waals surface area (Å²) in [5.41, 5.74) is 0. The van der Waals surface area contributed by atoms with E-state index in [1.807, 2.05) is 6.92 Å². The molecule has 1 N–H and O–H groups in total. The topological polar surface area (TPSA) is 65.0 Å². The Bertz CT molecular complexity index is 210. The lowest BCUT2D eigenvalue weighted by molar-refractivity contribution is -0.215. The first-order valence-corrected chi connectivity index (χ1v) is 5.16. The molecule has 0 amide bonds. The fourth-order valence-electron chi connectivity index (χ4n) is 1.74. The maximum atomic E-state index is 10.7. The van der Waals surface area contributed by atoms with Gasteiger partial charge in [0.15, 0.2) is 5.79 Å². The molecule has 0 bridgehead atoms. The van der Waals surface area contributed by atoms with Gasteiger partial charge in [0.25, 0.3) is 0 Å². The van der Waals surface area contributed by atoms with Crippen LogP contribution in [-0.2, 0) is 19.0 Å². The summed E-state index contributed by atoms with van der Waals surface area (Å²) in [6, 6.07) is 0. The molecule has 1 unspecified atom stereocenters. The van der Waals surface area contributed by atoms with Crippen molar-refractivity contribution < 1.29 is 24.1 Å². The average Bonchev–Trinajstić information content (AvgIpc) is 2.68. The van der Waals surface area contributed by atoms with Crippen molar-refractivity contribution in [1.82, 2.24) is 0 Å². The molecule has 5 heteroatoms. The Morgan fingerprint density at radius 1 is 1.53 bits per heavy atom. The summed E-state index contributed by atoms with van der Waals surface area (Å²) in [6.45, 7) is 4.29. The monoisotopic (exact) mass is 218 g/mol. The van der Waals surface area contributed by atoms with Crippen LogP contribution in [0.15, 0.2) is 0 Å². The van der Waals surface area contributed by atoms with Crippen LogP contribution in [0, 0.1) is 5.92 Å². The molecule has 0 spiro atoms. The maximum absolute atomic E-state index is 10.7. The van der Waals surface area contributed by atoms with Crippen LogP contribution < -0.4 is 0 Å². The van der Waals surface area contributed by atoms with Gasteiger partial charge in [-0.15, -0.1) is 0 Å². The van der Waals surface area contributed by atoms with Crippen molar-refractivity contribution in [2.24, 2.45) is 5.92 Å². The van der Waals surface area contributed by atoms with Crippen molar-refractivity contribution in [3.05, 3.63) is 0 Å². The Balaban J connectivity index is 2.57. The lowest BCUT2D eigenvalue weighted by Crippen LogP contribution is -2.43. The van der Waals surface area contributed by atoms with E-state index in [1.54, 1.807) is 0 Å². The first kappa shape index (κ1) is 12.4. The molecule has 1 fully saturated rings. The molecular weight excluding hydrogens is 200 g/mol. The van der Waals surface area contributed by atoms with Crippen LogP contribution in [0.3, 0.4) is 0 Å². The molecule has 0 radical (unpaired) electrons. The van der Waals surface area contributed by atoms with Crippen molar-refractivity contribution in [1.29, 1.82) is 0 Å². The highest BCUT2D eigenvalue weighted by molar-refractivity contribution is 5.65. The van der Waals surface area contributed by atoms with Gasteiger partial charge in [-0.25, -0.2) is 0 Å². The van der Waals surface area contributed by atoms with Crippen LogP contribution in [-0.4, -0.2) is 43.3 Å². The maximum Gasteiger partial charge on any atom is 0.302 e. The molecule has 88 valence electrons. The minimum Gasteiger partial charge on any atom is -0.465 e. The Morgan fingerprint density at radius 2 is 2.13 bits per heavy atom. The van der Waals surface area contributed by atoms with Crippen molar-refractivity contribution in [2.45, 2.75) is 26.1 Å². The highest BCUT2D eigenvalue weighted by atomic mass is 16.7. The number of hydrogen-bond donors (Lipinski definition) is 1. The number of ether oxygens (including phenoxy) is 3. The largest absolute Gasteiger partial charge is 0.465 e. The van der Waals surface area contributed by atoms with Crippen LogP contribution in [0.4, 0.5) is 0 Å². The predicted octanol–water partition coefficient (Wildman–Crippen LogP) is 0.311. The molecule has 0 saturated carbocycles. The van der Waals surface area contributed by atoms with Gasteiger partial charge in [-0.2, -0.15) is 0 Å². The van der Waals surface area contributed by atoms with E-state index < -0.39 is 5.79 Å². The summed E-state index contributed by atoms with van der Waals surface area (Å²) in [6.07, 6.45) is 0.624. The quantitative estimate of drug-likeness (QED) is 0.673. The van der Waals surface area contributed by atoms with Gasteiger partial charge >= 0.3 is 5.97 Å². The zero-order valence-corrected chi connectivity index (χ0v) is 9.19. The molecule has 1 saturated heterocycles. The third-order valence-corrected chi connectivity index (χ3v) is 2.60. The molecule has 0 aliphatic carbocycles. The van der Waals surface area contributed by atoms with Crippen molar-refractivity contribution in [3.8, 4) is 0 Å². The number of hydrogen-bond acceptors (Lipinski definition) is 5. The van der Waals surface area contributed by atoms with E-state index in [0.29, 0.717) is 19.6 Å². The minimum absolute atomic E-state index is 0.124. The van der Waals surface area contributed by atoms with Gasteiger partial charge in [-0.05, 0) is 6.42 Å². The van der Waals surface area contributed by atoms with E-state index in [1.165, 1.54) is 6.92 Å². The number of esters is 1. The molecule has 0 aromatic heterocycles. The molecule has 5 nitrogen and oxygen atoms in total. The first-order chi connectivity index (χ1) is 7.14. The van der Waals surface area contributed by atoms with E-state index in [9.17, 15) is 9.90 Å². The van der Waals surface area contributed by atoms with E-state index in [0.717, 1.165) is 0 Å². The summed E-state index contributed by atoms with van der Waals surface area (Å²) in [5.74, 6) is -1.48. The van der Waals surface area contributed by atoms with Gasteiger partial charge in [0.2, 0.25) is 0 Å². The van der Waals surface area contributed by atoms with Gasteiger partial charge in [0.05, 0.1) is 25.7 Å². The third-order valence-electron chi connectivity index (χ3n) is 2.60. The number of carbonyl (C=O) groups excluding carboxylic acids is 1. The second kappa shape index (κ2) is 5.44. The lowest BCUT2D eigenvalue weighted by atomic mass is 9.98. The number of rotatable bonds is 5.